The van der Waals surface area contributed by atoms with Crippen LogP contribution in [0.5, 0.6) is 0 Å². The molecule has 3 aliphatic rings. The molecular formula is C33H37ClF5N9O5. The molecule has 2 saturated carbocycles. The molecule has 14 nitrogen and oxygen atoms in total. The first-order chi connectivity index (χ1) is 24.8. The number of amides is 5. The Bertz CT molecular complexity index is 1910. The van der Waals surface area contributed by atoms with E-state index in [0.29, 0.717) is 30.6 Å². The van der Waals surface area contributed by atoms with Crippen molar-refractivity contribution in [3.8, 4) is 11.3 Å². The number of ether oxygens (including phenoxy) is 1. The molecular weight excluding hydrogens is 733 g/mol. The molecule has 1 aromatic carbocycles. The number of halogens is 6. The Morgan fingerprint density at radius 2 is 1.66 bits per heavy atom. The van der Waals surface area contributed by atoms with Crippen LogP contribution in [0.2, 0.25) is 5.02 Å². The number of urea groups is 1. The highest BCUT2D eigenvalue weighted by Gasteiger charge is 2.57. The number of nitrogens with one attached hydrogen (secondary N) is 4. The first-order valence-corrected chi connectivity index (χ1v) is 17.1. The van der Waals surface area contributed by atoms with Gasteiger partial charge in [0.1, 0.15) is 12.1 Å². The van der Waals surface area contributed by atoms with Gasteiger partial charge in [-0.25, -0.2) is 23.4 Å². The molecule has 0 radical (unpaired) electrons. The molecule has 0 spiro atoms. The minimum atomic E-state index is -4.96. The number of aromatic nitrogens is 4. The van der Waals surface area contributed by atoms with Crippen molar-refractivity contribution in [2.45, 2.75) is 76.5 Å². The smallest absolute Gasteiger partial charge is 0.435 e. The Balaban J connectivity index is 0.982. The SMILES string of the molecule is Cn1c(-c2cn(CC(F)F)nc2C(F)(F)F)cnc1C(=O)Nc1ccc(C(=O)NC2[C@H]3CN(C(=O)NC4CC(NC(=O)OC(C)(C)C)C4)C[C@@H]23)c(Cl)c1. The van der Waals surface area contributed by atoms with Crippen molar-refractivity contribution in [1.82, 2.24) is 40.2 Å². The number of rotatable bonds is 9. The number of anilines is 1. The maximum atomic E-state index is 13.7. The summed E-state index contributed by atoms with van der Waals surface area (Å²) >= 11 is 6.40. The summed E-state index contributed by atoms with van der Waals surface area (Å²) < 4.78 is 73.4. The first-order valence-electron chi connectivity index (χ1n) is 16.7. The van der Waals surface area contributed by atoms with Gasteiger partial charge in [0.2, 0.25) is 0 Å². The minimum absolute atomic E-state index is 0.0221. The predicted octanol–water partition coefficient (Wildman–Crippen LogP) is 4.90. The van der Waals surface area contributed by atoms with Crippen molar-refractivity contribution in [3.05, 3.63) is 52.7 Å². The van der Waals surface area contributed by atoms with Gasteiger partial charge in [-0.2, -0.15) is 18.3 Å². The molecule has 2 aromatic heterocycles. The number of likely N-dealkylation sites (tertiary alicyclic amines) is 1. The van der Waals surface area contributed by atoms with E-state index in [2.05, 4.69) is 31.3 Å². The molecule has 286 valence electrons. The molecule has 1 aliphatic heterocycles. The van der Waals surface area contributed by atoms with E-state index in [9.17, 15) is 41.1 Å². The van der Waals surface area contributed by atoms with Crippen molar-refractivity contribution in [3.63, 3.8) is 0 Å². The van der Waals surface area contributed by atoms with Gasteiger partial charge in [-0.3, -0.25) is 14.3 Å². The van der Waals surface area contributed by atoms with Gasteiger partial charge in [-0.1, -0.05) is 11.6 Å². The third kappa shape index (κ3) is 8.49. The second kappa shape index (κ2) is 14.1. The largest absolute Gasteiger partial charge is 0.444 e. The number of fused-ring (bicyclic) bond motifs is 1. The van der Waals surface area contributed by atoms with Gasteiger partial charge >= 0.3 is 18.3 Å². The van der Waals surface area contributed by atoms with Crippen LogP contribution >= 0.6 is 11.6 Å². The highest BCUT2D eigenvalue weighted by Crippen LogP contribution is 2.46. The molecule has 53 heavy (non-hydrogen) atoms. The number of imidazole rings is 1. The Labute approximate surface area is 304 Å². The van der Waals surface area contributed by atoms with Crippen LogP contribution in [0.25, 0.3) is 11.3 Å². The molecule has 3 heterocycles. The second-order valence-corrected chi connectivity index (χ2v) is 14.8. The van der Waals surface area contributed by atoms with Gasteiger partial charge in [-0.05, 0) is 51.8 Å². The van der Waals surface area contributed by atoms with Crippen molar-refractivity contribution in [1.29, 1.82) is 0 Å². The van der Waals surface area contributed by atoms with Crippen LogP contribution in [-0.2, 0) is 24.5 Å². The maximum Gasteiger partial charge on any atom is 0.435 e. The number of benzene rings is 1. The number of hydrogen-bond acceptors (Lipinski definition) is 7. The summed E-state index contributed by atoms with van der Waals surface area (Å²) in [6.07, 6.45) is -5.36. The lowest BCUT2D eigenvalue weighted by Gasteiger charge is -2.37. The molecule has 3 aromatic rings. The number of hydrogen-bond donors (Lipinski definition) is 4. The van der Waals surface area contributed by atoms with Gasteiger partial charge < -0.3 is 35.5 Å². The average Bonchev–Trinajstić information content (AvgIpc) is 3.42. The summed E-state index contributed by atoms with van der Waals surface area (Å²) in [5, 5.41) is 14.6. The lowest BCUT2D eigenvalue weighted by atomic mass is 9.87. The van der Waals surface area contributed by atoms with Crippen molar-refractivity contribution >= 4 is 41.2 Å². The van der Waals surface area contributed by atoms with Gasteiger partial charge in [0.05, 0.1) is 28.0 Å². The van der Waals surface area contributed by atoms with Crippen LogP contribution < -0.4 is 21.3 Å². The van der Waals surface area contributed by atoms with E-state index in [-0.39, 0.29) is 63.8 Å². The molecule has 4 N–H and O–H groups in total. The number of carbonyl (C=O) groups excluding carboxylic acids is 4. The van der Waals surface area contributed by atoms with Crippen molar-refractivity contribution in [2.24, 2.45) is 18.9 Å². The standard InChI is InChI=1S/C33H37ClF5N9O5/c1-32(2,3)53-31(52)43-17-7-16(8-17)42-30(51)47-11-19-20(12-47)25(19)44-28(49)18-6-5-15(9-22(18)34)41-29(50)27-40-10-23(46(27)4)21-13-48(14-24(35)36)45-26(21)33(37,38)39/h5-6,9-10,13,16-17,19-20,24-25H,7-8,11-12,14H2,1-4H3,(H,41,50)(H,42,51)(H,43,52)(H,44,49)/t16?,17?,19-,20+,25?. The molecule has 20 heteroatoms. The van der Waals surface area contributed by atoms with E-state index in [4.69, 9.17) is 16.3 Å². The molecule has 3 atom stereocenters. The van der Waals surface area contributed by atoms with Crippen LogP contribution in [0.1, 0.15) is 60.3 Å². The average molecular weight is 770 g/mol. The number of alkyl carbamates (subject to hydrolysis) is 1. The van der Waals surface area contributed by atoms with E-state index in [1.165, 1.54) is 25.2 Å². The summed E-state index contributed by atoms with van der Waals surface area (Å²) in [4.78, 5) is 56.5. The zero-order chi connectivity index (χ0) is 38.6. The molecule has 1 unspecified atom stereocenters. The molecule has 3 fully saturated rings. The zero-order valence-electron chi connectivity index (χ0n) is 28.9. The Morgan fingerprint density at radius 3 is 2.26 bits per heavy atom. The first kappa shape index (κ1) is 37.8. The monoisotopic (exact) mass is 769 g/mol. The topological polar surface area (TPSA) is 165 Å². The fraction of sp³-hybridized carbons (Fsp3) is 0.515. The van der Waals surface area contributed by atoms with Crippen LogP contribution in [0.3, 0.4) is 0 Å². The predicted molar refractivity (Wildman–Crippen MR) is 179 cm³/mol. The lowest BCUT2D eigenvalue weighted by Crippen LogP contribution is -2.56. The number of nitrogens with zero attached hydrogens (tertiary/aromatic N) is 5. The van der Waals surface area contributed by atoms with E-state index < -0.39 is 53.9 Å². The second-order valence-electron chi connectivity index (χ2n) is 14.4. The quantitative estimate of drug-likeness (QED) is 0.225. The number of alkyl halides is 5. The summed E-state index contributed by atoms with van der Waals surface area (Å²) in [6, 6.07) is 3.69. The molecule has 0 bridgehead atoms. The van der Waals surface area contributed by atoms with E-state index >= 15 is 0 Å². The highest BCUT2D eigenvalue weighted by molar-refractivity contribution is 6.34. The lowest BCUT2D eigenvalue weighted by molar-refractivity contribution is -0.141. The van der Waals surface area contributed by atoms with Gasteiger partial charge in [-0.15, -0.1) is 0 Å². The summed E-state index contributed by atoms with van der Waals surface area (Å²) in [5.74, 6) is -1.38. The molecule has 1 saturated heterocycles. The van der Waals surface area contributed by atoms with E-state index in [1.807, 2.05) is 0 Å². The Hall–Kier alpha value is -4.94. The highest BCUT2D eigenvalue weighted by atomic mass is 35.5. The van der Waals surface area contributed by atoms with Crippen LogP contribution in [0.15, 0.2) is 30.6 Å². The Morgan fingerprint density at radius 1 is 1.00 bits per heavy atom. The van der Waals surface area contributed by atoms with Crippen molar-refractivity contribution < 1.29 is 45.9 Å². The van der Waals surface area contributed by atoms with E-state index in [0.717, 1.165) is 17.0 Å². The third-order valence-corrected chi connectivity index (χ3v) is 9.57. The summed E-state index contributed by atoms with van der Waals surface area (Å²) in [6.45, 7) is 5.23. The van der Waals surface area contributed by atoms with E-state index in [1.54, 1.807) is 25.7 Å². The number of piperidine rings is 1. The van der Waals surface area contributed by atoms with Gasteiger partial charge in [0.15, 0.2) is 11.5 Å². The fourth-order valence-corrected chi connectivity index (χ4v) is 6.88. The zero-order valence-corrected chi connectivity index (χ0v) is 29.7. The number of carbonyl (C=O) groups is 4. The molecule has 5 amide bonds. The normalized spacial score (nSPS) is 22.2. The van der Waals surface area contributed by atoms with Crippen LogP contribution in [0, 0.1) is 11.8 Å². The molecule has 2 aliphatic carbocycles. The summed E-state index contributed by atoms with van der Waals surface area (Å²) in [5.41, 5.74) is -2.39. The fourth-order valence-electron chi connectivity index (χ4n) is 6.62. The third-order valence-electron chi connectivity index (χ3n) is 9.26. The minimum Gasteiger partial charge on any atom is -0.444 e. The summed E-state index contributed by atoms with van der Waals surface area (Å²) in [7, 11) is 1.29. The molecule has 6 rings (SSSR count). The van der Waals surface area contributed by atoms with Crippen molar-refractivity contribution in [2.75, 3.05) is 18.4 Å². The van der Waals surface area contributed by atoms with Gasteiger partial charge in [0.25, 0.3) is 18.2 Å². The van der Waals surface area contributed by atoms with Crippen LogP contribution in [0.4, 0.5) is 37.2 Å². The van der Waals surface area contributed by atoms with Gasteiger partial charge in [0, 0.05) is 62.0 Å². The maximum absolute atomic E-state index is 13.7. The van der Waals surface area contributed by atoms with Crippen LogP contribution in [-0.4, -0.2) is 91.4 Å². The Kier molecular flexibility index (Phi) is 10.1.